The zero-order valence-electron chi connectivity index (χ0n) is 9.68. The first-order chi connectivity index (χ1) is 6.53. The van der Waals surface area contributed by atoms with E-state index in [4.69, 9.17) is 4.74 Å². The van der Waals surface area contributed by atoms with Crippen LogP contribution >= 0.6 is 11.3 Å². The van der Waals surface area contributed by atoms with Crippen molar-refractivity contribution in [1.82, 2.24) is 4.98 Å². The van der Waals surface area contributed by atoms with Crippen LogP contribution in [0.5, 0.6) is 0 Å². The Balaban J connectivity index is 3.04. The number of aryl methyl sites for hydroxylation is 2. The molecular weight excluding hydrogens is 193 g/mol. The van der Waals surface area contributed by atoms with Crippen molar-refractivity contribution in [2.24, 2.45) is 0 Å². The van der Waals surface area contributed by atoms with Crippen LogP contribution in [0.1, 0.15) is 35.8 Å². The van der Waals surface area contributed by atoms with Gasteiger partial charge in [-0.2, -0.15) is 0 Å². The van der Waals surface area contributed by atoms with E-state index in [1.165, 1.54) is 4.88 Å². The second-order valence-electron chi connectivity index (χ2n) is 3.66. The Bertz CT molecular complexity index is 313. The lowest BCUT2D eigenvalue weighted by Crippen LogP contribution is -2.27. The zero-order chi connectivity index (χ0) is 10.8. The zero-order valence-corrected chi connectivity index (χ0v) is 10.5. The van der Waals surface area contributed by atoms with Gasteiger partial charge in [0.05, 0.1) is 10.7 Å². The number of nitrogens with zero attached hydrogens (tertiary/aromatic N) is 1. The third kappa shape index (κ3) is 2.18. The summed E-state index contributed by atoms with van der Waals surface area (Å²) in [6.45, 7) is 9.16. The fraction of sp³-hybridized carbons (Fsp3) is 0.700. The van der Waals surface area contributed by atoms with Crippen LogP contribution in [0.3, 0.4) is 0 Å². The quantitative estimate of drug-likeness (QED) is 0.710. The van der Waals surface area contributed by atoms with Gasteiger partial charge in [-0.15, -0.1) is 11.3 Å². The summed E-state index contributed by atoms with van der Waals surface area (Å²) in [7, 11) is 2.03. The topological polar surface area (TPSA) is 22.1 Å². The van der Waals surface area contributed by atoms with Crippen LogP contribution in [0.25, 0.3) is 0 Å². The van der Waals surface area contributed by atoms with Gasteiger partial charge in [-0.05, 0) is 27.2 Å². The molecule has 1 heterocycles. The molecule has 1 aromatic rings. The number of ether oxygens (including phenoxy) is 1. The van der Waals surface area contributed by atoms with Gasteiger partial charge in [0, 0.05) is 11.4 Å². The summed E-state index contributed by atoms with van der Waals surface area (Å²) in [5.74, 6) is 0. The molecule has 4 heteroatoms. The van der Waals surface area contributed by atoms with Gasteiger partial charge in [0.15, 0.2) is 0 Å². The first-order valence-corrected chi connectivity index (χ1v) is 5.93. The number of hydrogen-bond acceptors (Lipinski definition) is 3. The lowest BCUT2D eigenvalue weighted by atomic mass is 9.97. The monoisotopic (exact) mass is 211 g/mol. The largest absolute Gasteiger partial charge is 0.378 e. The first kappa shape index (κ1) is 11.7. The molecule has 0 N–H and O–H groups in total. The third-order valence-electron chi connectivity index (χ3n) is 2.54. The highest BCUT2D eigenvalue weighted by Gasteiger charge is 2.29. The van der Waals surface area contributed by atoms with Gasteiger partial charge in [-0.25, -0.2) is 4.98 Å². The Morgan fingerprint density at radius 1 is 1.50 bits per heavy atom. The maximum absolute atomic E-state index is 5.80. The van der Waals surface area contributed by atoms with E-state index in [0.717, 1.165) is 23.6 Å². The van der Waals surface area contributed by atoms with E-state index in [1.54, 1.807) is 11.3 Å². The Morgan fingerprint density at radius 3 is 2.50 bits per heavy atom. The smallest absolute Gasteiger partial charge is 0.135 e. The van der Waals surface area contributed by atoms with Gasteiger partial charge in [0.2, 0.25) is 0 Å². The number of aromatic nitrogens is 1. The Morgan fingerprint density at radius 2 is 2.14 bits per heavy atom. The Labute approximate surface area is 91.1 Å². The van der Waals surface area contributed by atoms with Crippen molar-refractivity contribution in [2.75, 3.05) is 6.51 Å². The second kappa shape index (κ2) is 4.45. The number of rotatable bonds is 4. The molecule has 1 atom stereocenters. The van der Waals surface area contributed by atoms with Crippen molar-refractivity contribution in [3.05, 3.63) is 15.6 Å². The molecule has 1 unspecified atom stereocenters. The highest BCUT2D eigenvalue weighted by Crippen LogP contribution is 2.32. The van der Waals surface area contributed by atoms with Gasteiger partial charge in [-0.3, -0.25) is 0 Å². The molecular formula is C10H18BNOS. The fourth-order valence-corrected chi connectivity index (χ4v) is 2.61. The van der Waals surface area contributed by atoms with E-state index in [-0.39, 0.29) is 5.60 Å². The van der Waals surface area contributed by atoms with Crippen molar-refractivity contribution in [3.8, 4) is 0 Å². The summed E-state index contributed by atoms with van der Waals surface area (Å²) in [4.78, 5) is 5.84. The molecule has 78 valence electrons. The maximum Gasteiger partial charge on any atom is 0.135 e. The minimum Gasteiger partial charge on any atom is -0.378 e. The van der Waals surface area contributed by atoms with E-state index in [1.807, 2.05) is 14.8 Å². The summed E-state index contributed by atoms with van der Waals surface area (Å²) >= 11 is 1.75. The molecule has 0 fully saturated rings. The van der Waals surface area contributed by atoms with Gasteiger partial charge in [-0.1, -0.05) is 6.92 Å². The minimum atomic E-state index is -0.205. The standard InChI is InChI=1S/C10H18BNOS/c1-5-10(4,13-6-11)9-7(2)14-8(3)12-9/h5-6,11H2,1-4H3. The van der Waals surface area contributed by atoms with Crippen LogP contribution < -0.4 is 0 Å². The first-order valence-electron chi connectivity index (χ1n) is 5.12. The molecule has 0 amide bonds. The Kier molecular flexibility index (Phi) is 3.73. The molecule has 14 heavy (non-hydrogen) atoms. The normalized spacial score (nSPS) is 15.4. The molecule has 1 rings (SSSR count). The molecule has 0 aliphatic carbocycles. The highest BCUT2D eigenvalue weighted by molar-refractivity contribution is 7.11. The summed E-state index contributed by atoms with van der Waals surface area (Å²) in [5, 5.41) is 1.12. The third-order valence-corrected chi connectivity index (χ3v) is 3.43. The van der Waals surface area contributed by atoms with Crippen LogP contribution in [0.4, 0.5) is 0 Å². The van der Waals surface area contributed by atoms with E-state index < -0.39 is 0 Å². The van der Waals surface area contributed by atoms with E-state index in [0.29, 0.717) is 0 Å². The molecule has 0 spiro atoms. The predicted molar refractivity (Wildman–Crippen MR) is 63.7 cm³/mol. The molecule has 0 bridgehead atoms. The minimum absolute atomic E-state index is 0.205. The van der Waals surface area contributed by atoms with Crippen molar-refractivity contribution in [1.29, 1.82) is 0 Å². The number of hydrogen-bond donors (Lipinski definition) is 0. The molecule has 1 aromatic heterocycles. The molecule has 0 aliphatic heterocycles. The van der Waals surface area contributed by atoms with Crippen molar-refractivity contribution in [2.45, 2.75) is 39.7 Å². The van der Waals surface area contributed by atoms with Gasteiger partial charge >= 0.3 is 0 Å². The van der Waals surface area contributed by atoms with Crippen LogP contribution in [0.2, 0.25) is 0 Å². The second-order valence-corrected chi connectivity index (χ2v) is 5.06. The Hall–Kier alpha value is -0.345. The van der Waals surface area contributed by atoms with E-state index >= 15 is 0 Å². The molecule has 0 aromatic carbocycles. The predicted octanol–water partition coefficient (Wildman–Crippen LogP) is 1.99. The highest BCUT2D eigenvalue weighted by atomic mass is 32.1. The molecule has 0 aliphatic rings. The lowest BCUT2D eigenvalue weighted by molar-refractivity contribution is -0.0174. The average Bonchev–Trinajstić information content (AvgIpc) is 2.46. The van der Waals surface area contributed by atoms with Crippen LogP contribution in [-0.2, 0) is 10.3 Å². The van der Waals surface area contributed by atoms with E-state index in [2.05, 4.69) is 25.8 Å². The van der Waals surface area contributed by atoms with Crippen LogP contribution in [-0.4, -0.2) is 19.3 Å². The lowest BCUT2D eigenvalue weighted by Gasteiger charge is -2.27. The molecule has 0 saturated carbocycles. The van der Waals surface area contributed by atoms with Crippen molar-refractivity contribution >= 4 is 19.2 Å². The van der Waals surface area contributed by atoms with Gasteiger partial charge in [0.25, 0.3) is 0 Å². The number of thiazole rings is 1. The van der Waals surface area contributed by atoms with Crippen molar-refractivity contribution in [3.63, 3.8) is 0 Å². The maximum atomic E-state index is 5.80. The SMILES string of the molecule is BCOC(C)(CC)c1nc(C)sc1C. The van der Waals surface area contributed by atoms with Crippen LogP contribution in [0, 0.1) is 13.8 Å². The molecule has 0 radical (unpaired) electrons. The summed E-state index contributed by atoms with van der Waals surface area (Å²) in [6, 6.07) is 0. The van der Waals surface area contributed by atoms with Gasteiger partial charge < -0.3 is 4.74 Å². The summed E-state index contributed by atoms with van der Waals surface area (Å²) in [6.07, 6.45) is 0.963. The van der Waals surface area contributed by atoms with Gasteiger partial charge in [0.1, 0.15) is 13.4 Å². The van der Waals surface area contributed by atoms with Crippen LogP contribution in [0.15, 0.2) is 0 Å². The van der Waals surface area contributed by atoms with E-state index in [9.17, 15) is 0 Å². The summed E-state index contributed by atoms with van der Waals surface area (Å²) < 4.78 is 5.80. The molecule has 2 nitrogen and oxygen atoms in total. The fourth-order valence-electron chi connectivity index (χ4n) is 1.68. The molecule has 0 saturated heterocycles. The summed E-state index contributed by atoms with van der Waals surface area (Å²) in [5.41, 5.74) is 0.910. The average molecular weight is 211 g/mol. The van der Waals surface area contributed by atoms with Crippen molar-refractivity contribution < 1.29 is 4.74 Å².